The molecule has 7 heteroatoms. The van der Waals surface area contributed by atoms with Gasteiger partial charge in [-0.05, 0) is 25.1 Å². The number of H-pyrrole nitrogens is 1. The van der Waals surface area contributed by atoms with Crippen LogP contribution in [-0.4, -0.2) is 41.7 Å². The number of amides is 1. The monoisotopic (exact) mass is 324 g/mol. The molecule has 1 amide bonds. The fraction of sp³-hybridized carbons (Fsp3) is 0.353. The summed E-state index contributed by atoms with van der Waals surface area (Å²) in [6.07, 6.45) is 7.91. The van der Waals surface area contributed by atoms with E-state index in [1.54, 1.807) is 12.5 Å². The second-order valence-corrected chi connectivity index (χ2v) is 6.19. The molecule has 7 nitrogen and oxygen atoms in total. The van der Waals surface area contributed by atoms with Gasteiger partial charge in [-0.25, -0.2) is 4.98 Å². The minimum Gasteiger partial charge on any atom is -0.348 e. The van der Waals surface area contributed by atoms with E-state index in [0.717, 1.165) is 23.6 Å². The largest absolute Gasteiger partial charge is 0.348 e. The van der Waals surface area contributed by atoms with Crippen LogP contribution in [0.3, 0.4) is 0 Å². The number of imidazole rings is 1. The van der Waals surface area contributed by atoms with Gasteiger partial charge in [0.15, 0.2) is 0 Å². The van der Waals surface area contributed by atoms with Crippen LogP contribution in [0.5, 0.6) is 0 Å². The molecule has 0 bridgehead atoms. The van der Waals surface area contributed by atoms with Gasteiger partial charge in [0.1, 0.15) is 6.04 Å². The minimum atomic E-state index is -0.268. The number of fused-ring (bicyclic) bond motifs is 1. The summed E-state index contributed by atoms with van der Waals surface area (Å²) >= 11 is 0. The Morgan fingerprint density at radius 1 is 1.33 bits per heavy atom. The Morgan fingerprint density at radius 3 is 2.92 bits per heavy atom. The van der Waals surface area contributed by atoms with E-state index >= 15 is 0 Å². The first-order valence-electron chi connectivity index (χ1n) is 8.12. The Hall–Kier alpha value is -2.83. The summed E-state index contributed by atoms with van der Waals surface area (Å²) in [5, 5.41) is 4.46. The Labute approximate surface area is 139 Å². The lowest BCUT2D eigenvalue weighted by molar-refractivity contribution is -0.136. The van der Waals surface area contributed by atoms with E-state index in [1.807, 2.05) is 45.6 Å². The fourth-order valence-electron chi connectivity index (χ4n) is 3.29. The van der Waals surface area contributed by atoms with Crippen molar-refractivity contribution < 1.29 is 4.79 Å². The third-order valence-corrected chi connectivity index (χ3v) is 4.47. The molecular formula is C17H20N6O. The number of carbonyl (C=O) groups excluding carboxylic acids is 1. The van der Waals surface area contributed by atoms with Crippen LogP contribution >= 0.6 is 0 Å². The molecule has 0 unspecified atom stereocenters. The van der Waals surface area contributed by atoms with E-state index in [2.05, 4.69) is 21.1 Å². The molecule has 24 heavy (non-hydrogen) atoms. The predicted molar refractivity (Wildman–Crippen MR) is 88.1 cm³/mol. The molecule has 124 valence electrons. The Kier molecular flexibility index (Phi) is 3.68. The number of hydrogen-bond donors (Lipinski definition) is 1. The number of nitrogens with one attached hydrogen (secondary N) is 1. The molecule has 0 saturated heterocycles. The zero-order valence-corrected chi connectivity index (χ0v) is 13.6. The molecule has 1 atom stereocenters. The second-order valence-electron chi connectivity index (χ2n) is 6.19. The van der Waals surface area contributed by atoms with E-state index in [-0.39, 0.29) is 11.9 Å². The molecule has 3 aromatic rings. The van der Waals surface area contributed by atoms with Crippen molar-refractivity contribution >= 4 is 5.91 Å². The average molecular weight is 324 g/mol. The molecular weight excluding hydrogens is 304 g/mol. The van der Waals surface area contributed by atoms with Gasteiger partial charge in [-0.15, -0.1) is 0 Å². The van der Waals surface area contributed by atoms with Gasteiger partial charge in [-0.3, -0.25) is 9.48 Å². The molecule has 0 radical (unpaired) electrons. The predicted octanol–water partition coefficient (Wildman–Crippen LogP) is 1.54. The number of hydrogen-bond acceptors (Lipinski definition) is 3. The van der Waals surface area contributed by atoms with E-state index in [4.69, 9.17) is 0 Å². The van der Waals surface area contributed by atoms with Crippen molar-refractivity contribution in [1.82, 2.24) is 29.2 Å². The van der Waals surface area contributed by atoms with Crippen molar-refractivity contribution in [3.63, 3.8) is 0 Å². The summed E-state index contributed by atoms with van der Waals surface area (Å²) in [7, 11) is 0. The van der Waals surface area contributed by atoms with Gasteiger partial charge in [-0.2, -0.15) is 5.10 Å². The third-order valence-electron chi connectivity index (χ3n) is 4.47. The van der Waals surface area contributed by atoms with Crippen molar-refractivity contribution in [1.29, 1.82) is 0 Å². The molecule has 0 spiro atoms. The number of aromatic nitrogens is 5. The summed E-state index contributed by atoms with van der Waals surface area (Å²) in [4.78, 5) is 22.3. The van der Waals surface area contributed by atoms with Crippen molar-refractivity contribution in [2.24, 2.45) is 0 Å². The number of aromatic amines is 1. The molecule has 0 fully saturated rings. The van der Waals surface area contributed by atoms with E-state index in [9.17, 15) is 4.79 Å². The maximum atomic E-state index is 13.2. The molecule has 1 aliphatic rings. The average Bonchev–Trinajstić information content (AvgIpc) is 3.31. The molecule has 4 rings (SSSR count). The van der Waals surface area contributed by atoms with Gasteiger partial charge in [0.05, 0.1) is 30.8 Å². The standard InChI is InChI=1S/C17H20N6O/c1-13-8-15-11-22(6-7-23(15)20-13)17(24)16(21-4-2-3-5-21)9-14-10-18-12-19-14/h2-5,8,10,12,16H,6-7,9,11H2,1H3,(H,18,19)/t16-/m0/s1. The lowest BCUT2D eigenvalue weighted by Crippen LogP contribution is -2.42. The highest BCUT2D eigenvalue weighted by molar-refractivity contribution is 5.81. The molecule has 4 heterocycles. The SMILES string of the molecule is Cc1cc2n(n1)CCN(C(=O)[C@H](Cc1cnc[nH]1)n1cccc1)C2. The van der Waals surface area contributed by atoms with Crippen LogP contribution in [0.1, 0.15) is 23.1 Å². The van der Waals surface area contributed by atoms with Crippen LogP contribution in [0.4, 0.5) is 0 Å². The molecule has 1 N–H and O–H groups in total. The van der Waals surface area contributed by atoms with Crippen LogP contribution in [0.15, 0.2) is 43.1 Å². The molecule has 0 aromatic carbocycles. The number of nitrogens with zero attached hydrogens (tertiary/aromatic N) is 5. The van der Waals surface area contributed by atoms with Gasteiger partial charge in [0, 0.05) is 37.3 Å². The lowest BCUT2D eigenvalue weighted by atomic mass is 10.1. The van der Waals surface area contributed by atoms with Gasteiger partial charge in [0.2, 0.25) is 5.91 Å². The summed E-state index contributed by atoms with van der Waals surface area (Å²) in [6.45, 7) is 4.03. The first-order chi connectivity index (χ1) is 11.7. The second kappa shape index (κ2) is 5.99. The summed E-state index contributed by atoms with van der Waals surface area (Å²) in [6, 6.07) is 5.68. The van der Waals surface area contributed by atoms with E-state index in [0.29, 0.717) is 19.5 Å². The Morgan fingerprint density at radius 2 is 2.17 bits per heavy atom. The summed E-state index contributed by atoms with van der Waals surface area (Å²) < 4.78 is 3.97. The quantitative estimate of drug-likeness (QED) is 0.791. The highest BCUT2D eigenvalue weighted by Crippen LogP contribution is 2.21. The molecule has 0 saturated carbocycles. The Bertz CT molecular complexity index is 818. The van der Waals surface area contributed by atoms with Gasteiger partial charge in [-0.1, -0.05) is 0 Å². The maximum absolute atomic E-state index is 13.2. The molecule has 3 aromatic heterocycles. The number of carbonyl (C=O) groups is 1. The maximum Gasteiger partial charge on any atom is 0.246 e. The van der Waals surface area contributed by atoms with Gasteiger partial charge in [0.25, 0.3) is 0 Å². The molecule has 0 aliphatic carbocycles. The first kappa shape index (κ1) is 14.7. The van der Waals surface area contributed by atoms with Crippen molar-refractivity contribution in [3.05, 3.63) is 60.2 Å². The highest BCUT2D eigenvalue weighted by Gasteiger charge is 2.29. The normalized spacial score (nSPS) is 15.3. The van der Waals surface area contributed by atoms with Crippen molar-refractivity contribution in [2.45, 2.75) is 32.5 Å². The Balaban J connectivity index is 1.57. The van der Waals surface area contributed by atoms with Gasteiger partial charge >= 0.3 is 0 Å². The van der Waals surface area contributed by atoms with Crippen LogP contribution in [0.25, 0.3) is 0 Å². The van der Waals surface area contributed by atoms with Crippen LogP contribution in [0.2, 0.25) is 0 Å². The zero-order chi connectivity index (χ0) is 16.5. The zero-order valence-electron chi connectivity index (χ0n) is 13.6. The van der Waals surface area contributed by atoms with E-state index < -0.39 is 0 Å². The first-order valence-corrected chi connectivity index (χ1v) is 8.12. The number of rotatable bonds is 4. The number of aryl methyl sites for hydroxylation is 1. The van der Waals surface area contributed by atoms with Crippen LogP contribution in [0, 0.1) is 6.92 Å². The van der Waals surface area contributed by atoms with Crippen LogP contribution in [-0.2, 0) is 24.3 Å². The topological polar surface area (TPSA) is 71.7 Å². The minimum absolute atomic E-state index is 0.130. The third kappa shape index (κ3) is 2.73. The fourth-order valence-corrected chi connectivity index (χ4v) is 3.29. The van der Waals surface area contributed by atoms with E-state index in [1.165, 1.54) is 0 Å². The lowest BCUT2D eigenvalue weighted by Gasteiger charge is -2.31. The van der Waals surface area contributed by atoms with Crippen molar-refractivity contribution in [2.75, 3.05) is 6.54 Å². The molecule has 1 aliphatic heterocycles. The van der Waals surface area contributed by atoms with Gasteiger partial charge < -0.3 is 14.5 Å². The van der Waals surface area contributed by atoms with Crippen molar-refractivity contribution in [3.8, 4) is 0 Å². The summed E-state index contributed by atoms with van der Waals surface area (Å²) in [5.41, 5.74) is 3.05. The summed E-state index contributed by atoms with van der Waals surface area (Å²) in [5.74, 6) is 0.130. The highest BCUT2D eigenvalue weighted by atomic mass is 16.2. The van der Waals surface area contributed by atoms with Crippen LogP contribution < -0.4 is 0 Å². The smallest absolute Gasteiger partial charge is 0.246 e.